The summed E-state index contributed by atoms with van der Waals surface area (Å²) >= 11 is 0. The van der Waals surface area contributed by atoms with Crippen molar-refractivity contribution < 1.29 is 28.0 Å². The van der Waals surface area contributed by atoms with E-state index in [-0.39, 0.29) is 12.2 Å². The maximum atomic E-state index is 13.4. The molecule has 2 rings (SSSR count). The molecule has 0 aromatic heterocycles. The van der Waals surface area contributed by atoms with Crippen molar-refractivity contribution in [2.75, 3.05) is 25.0 Å². The third-order valence-corrected chi connectivity index (χ3v) is 3.36. The molecule has 10 heteroatoms. The van der Waals surface area contributed by atoms with E-state index in [0.717, 1.165) is 18.2 Å². The quantitative estimate of drug-likeness (QED) is 0.315. The second kappa shape index (κ2) is 9.22. The van der Waals surface area contributed by atoms with E-state index in [1.165, 1.54) is 24.3 Å². The predicted molar refractivity (Wildman–Crippen MR) is 91.2 cm³/mol. The molecule has 0 aliphatic rings. The average molecular weight is 379 g/mol. The molecule has 2 aromatic carbocycles. The number of carbonyl (C=O) groups is 2. The number of hydrogen-bond donors (Lipinski definition) is 2. The molecule has 0 aliphatic carbocycles. The Morgan fingerprint density at radius 1 is 1.04 bits per heavy atom. The summed E-state index contributed by atoms with van der Waals surface area (Å²) in [7, 11) is 0. The molecule has 0 radical (unpaired) electrons. The molecule has 2 N–H and O–H groups in total. The third-order valence-electron chi connectivity index (χ3n) is 3.36. The Balaban J connectivity index is 1.70. The Morgan fingerprint density at radius 3 is 2.26 bits per heavy atom. The molecule has 0 fully saturated rings. The van der Waals surface area contributed by atoms with Crippen molar-refractivity contribution in [1.29, 1.82) is 0 Å². The fourth-order valence-electron chi connectivity index (χ4n) is 2.06. The van der Waals surface area contributed by atoms with Crippen molar-refractivity contribution in [3.63, 3.8) is 0 Å². The Labute approximate surface area is 152 Å². The fraction of sp³-hybridized carbons (Fsp3) is 0.176. The molecular formula is C17H15F2N3O5. The lowest BCUT2D eigenvalue weighted by Gasteiger charge is -2.09. The number of nitro benzene ring substituents is 1. The first-order valence-electron chi connectivity index (χ1n) is 7.74. The summed E-state index contributed by atoms with van der Waals surface area (Å²) in [6, 6.07) is 8.62. The zero-order valence-electron chi connectivity index (χ0n) is 13.9. The summed E-state index contributed by atoms with van der Waals surface area (Å²) in [5.74, 6) is -4.07. The Bertz CT molecular complexity index is 823. The summed E-state index contributed by atoms with van der Waals surface area (Å²) in [4.78, 5) is 33.3. The van der Waals surface area contributed by atoms with E-state index >= 15 is 0 Å². The average Bonchev–Trinajstić information content (AvgIpc) is 2.63. The van der Waals surface area contributed by atoms with Gasteiger partial charge in [0.05, 0.1) is 4.92 Å². The van der Waals surface area contributed by atoms with Crippen LogP contribution in [0.4, 0.5) is 20.2 Å². The Hall–Kier alpha value is -3.56. The number of non-ortho nitro benzene ring substituents is 1. The highest BCUT2D eigenvalue weighted by Crippen LogP contribution is 2.15. The standard InChI is InChI=1S/C17H15F2N3O5/c18-13-2-1-3-14(19)16(13)17(24)27-10-15(23)21-9-8-20-11-4-6-12(7-5-11)22(25)26/h1-7,20H,8-10H2,(H,21,23). The van der Waals surface area contributed by atoms with Crippen molar-refractivity contribution in [3.05, 3.63) is 69.8 Å². The van der Waals surface area contributed by atoms with Crippen LogP contribution in [0.5, 0.6) is 0 Å². The van der Waals surface area contributed by atoms with Crippen molar-refractivity contribution in [2.45, 2.75) is 0 Å². The number of amides is 1. The van der Waals surface area contributed by atoms with Crippen LogP contribution in [0.2, 0.25) is 0 Å². The Morgan fingerprint density at radius 2 is 1.67 bits per heavy atom. The van der Waals surface area contributed by atoms with Gasteiger partial charge in [-0.3, -0.25) is 14.9 Å². The number of halogens is 2. The number of nitrogens with zero attached hydrogens (tertiary/aromatic N) is 1. The lowest BCUT2D eigenvalue weighted by atomic mass is 10.2. The van der Waals surface area contributed by atoms with E-state index in [1.54, 1.807) is 0 Å². The number of carbonyl (C=O) groups excluding carboxylic acids is 2. The molecule has 2 aromatic rings. The highest BCUT2D eigenvalue weighted by Gasteiger charge is 2.19. The summed E-state index contributed by atoms with van der Waals surface area (Å²) in [6.45, 7) is -0.217. The first-order chi connectivity index (χ1) is 12.9. The number of ether oxygens (including phenoxy) is 1. The molecule has 0 spiro atoms. The smallest absolute Gasteiger partial charge is 0.344 e. The zero-order valence-corrected chi connectivity index (χ0v) is 13.9. The summed E-state index contributed by atoms with van der Waals surface area (Å²) in [5, 5.41) is 15.9. The normalized spacial score (nSPS) is 10.1. The number of hydrogen-bond acceptors (Lipinski definition) is 6. The zero-order chi connectivity index (χ0) is 19.8. The van der Waals surface area contributed by atoms with Crippen LogP contribution in [0.15, 0.2) is 42.5 Å². The molecule has 0 aliphatic heterocycles. The van der Waals surface area contributed by atoms with Gasteiger partial charge in [0, 0.05) is 30.9 Å². The van der Waals surface area contributed by atoms with Crippen molar-refractivity contribution in [3.8, 4) is 0 Å². The third kappa shape index (κ3) is 5.73. The largest absolute Gasteiger partial charge is 0.452 e. The molecule has 27 heavy (non-hydrogen) atoms. The van der Waals surface area contributed by atoms with E-state index < -0.39 is 40.6 Å². The van der Waals surface area contributed by atoms with Gasteiger partial charge in [-0.1, -0.05) is 6.07 Å². The molecule has 0 saturated carbocycles. The van der Waals surface area contributed by atoms with Crippen LogP contribution in [0.3, 0.4) is 0 Å². The van der Waals surface area contributed by atoms with Gasteiger partial charge >= 0.3 is 5.97 Å². The fourth-order valence-corrected chi connectivity index (χ4v) is 2.06. The van der Waals surface area contributed by atoms with Gasteiger partial charge in [0.15, 0.2) is 6.61 Å². The van der Waals surface area contributed by atoms with Crippen LogP contribution in [-0.4, -0.2) is 36.5 Å². The topological polar surface area (TPSA) is 111 Å². The number of rotatable bonds is 8. The van der Waals surface area contributed by atoms with E-state index in [1.807, 2.05) is 0 Å². The first-order valence-corrected chi connectivity index (χ1v) is 7.74. The van der Waals surface area contributed by atoms with Crippen LogP contribution >= 0.6 is 0 Å². The minimum absolute atomic E-state index is 0.0399. The predicted octanol–water partition coefficient (Wildman–Crippen LogP) is 2.26. The minimum Gasteiger partial charge on any atom is -0.452 e. The van der Waals surface area contributed by atoms with Crippen LogP contribution in [-0.2, 0) is 9.53 Å². The van der Waals surface area contributed by atoms with Crippen molar-refractivity contribution in [2.24, 2.45) is 0 Å². The molecule has 0 bridgehead atoms. The summed E-state index contributed by atoms with van der Waals surface area (Å²) in [5.41, 5.74) is -0.275. The van der Waals surface area contributed by atoms with Gasteiger partial charge in [0.1, 0.15) is 17.2 Å². The van der Waals surface area contributed by atoms with Crippen molar-refractivity contribution >= 4 is 23.3 Å². The van der Waals surface area contributed by atoms with Gasteiger partial charge in [-0.25, -0.2) is 13.6 Å². The van der Waals surface area contributed by atoms with E-state index in [0.29, 0.717) is 12.2 Å². The lowest BCUT2D eigenvalue weighted by Crippen LogP contribution is -2.32. The molecule has 0 unspecified atom stereocenters. The first kappa shape index (κ1) is 19.8. The maximum absolute atomic E-state index is 13.4. The maximum Gasteiger partial charge on any atom is 0.344 e. The summed E-state index contributed by atoms with van der Waals surface area (Å²) in [6.07, 6.45) is 0. The van der Waals surface area contributed by atoms with E-state index in [9.17, 15) is 28.5 Å². The van der Waals surface area contributed by atoms with E-state index in [4.69, 9.17) is 0 Å². The van der Waals surface area contributed by atoms with Gasteiger partial charge in [-0.2, -0.15) is 0 Å². The van der Waals surface area contributed by atoms with Crippen LogP contribution < -0.4 is 10.6 Å². The van der Waals surface area contributed by atoms with Gasteiger partial charge in [-0.05, 0) is 24.3 Å². The van der Waals surface area contributed by atoms with Crippen molar-refractivity contribution in [1.82, 2.24) is 5.32 Å². The van der Waals surface area contributed by atoms with Gasteiger partial charge in [-0.15, -0.1) is 0 Å². The number of esters is 1. The molecule has 0 atom stereocenters. The second-order valence-corrected chi connectivity index (χ2v) is 5.25. The van der Waals surface area contributed by atoms with E-state index in [2.05, 4.69) is 15.4 Å². The van der Waals surface area contributed by atoms with Crippen LogP contribution in [0, 0.1) is 21.7 Å². The monoisotopic (exact) mass is 379 g/mol. The van der Waals surface area contributed by atoms with Gasteiger partial charge in [0.2, 0.25) is 0 Å². The van der Waals surface area contributed by atoms with Gasteiger partial charge < -0.3 is 15.4 Å². The van der Waals surface area contributed by atoms with Crippen LogP contribution in [0.1, 0.15) is 10.4 Å². The number of anilines is 1. The highest BCUT2D eigenvalue weighted by atomic mass is 19.1. The SMILES string of the molecule is O=C(COC(=O)c1c(F)cccc1F)NCCNc1ccc([N+](=O)[O-])cc1. The minimum atomic E-state index is -1.27. The lowest BCUT2D eigenvalue weighted by molar-refractivity contribution is -0.384. The number of benzene rings is 2. The molecule has 1 amide bonds. The number of nitrogens with one attached hydrogen (secondary N) is 2. The molecule has 0 saturated heterocycles. The molecule has 0 heterocycles. The second-order valence-electron chi connectivity index (χ2n) is 5.25. The van der Waals surface area contributed by atoms with Gasteiger partial charge in [0.25, 0.3) is 11.6 Å². The van der Waals surface area contributed by atoms with Crippen LogP contribution in [0.25, 0.3) is 0 Å². The highest BCUT2D eigenvalue weighted by molar-refractivity contribution is 5.91. The molecule has 8 nitrogen and oxygen atoms in total. The number of nitro groups is 1. The molecular weight excluding hydrogens is 364 g/mol. The molecule has 142 valence electrons. The summed E-state index contributed by atoms with van der Waals surface area (Å²) < 4.78 is 31.4. The Kier molecular flexibility index (Phi) is 6.75.